The molecule has 10 nitrogen and oxygen atoms in total. The summed E-state index contributed by atoms with van der Waals surface area (Å²) < 4.78 is 12.1. The molecule has 0 radical (unpaired) electrons. The number of Topliss-reactive ketones (excluding diaryl/α,β-unsaturated/α-hetero) is 1. The normalized spacial score (nSPS) is 25.7. The molecular weight excluding hydrogens is 754 g/mol. The van der Waals surface area contributed by atoms with E-state index in [4.69, 9.17) is 26.1 Å². The van der Waals surface area contributed by atoms with E-state index in [1.54, 1.807) is 42.5 Å². The molecule has 4 aliphatic carbocycles. The van der Waals surface area contributed by atoms with Gasteiger partial charge in [-0.15, -0.1) is 11.6 Å². The second-order valence-electron chi connectivity index (χ2n) is 17.4. The molecule has 2 bridgehead atoms. The smallest absolute Gasteiger partial charge is 0.260 e. The SMILES string of the molecule is COc1cc2c(cc1OCC13CC(C(=O)CCC4Cc5cc(O)c6cccc(C)c6c5[C@H](CCl)C4)(C1)C3)N=C[C@@H]1CC(c3ccc(NC(=O)[C@@H](C)O)cc3)=CN1C2=O. The number of aryl methyl sites for hydroxylation is 1. The standard InChI is InChI=1S/C47H48ClN3O7/c1-26-5-4-6-35-38(53)16-30-13-28(14-31(19-48)43(30)42(26)35)7-12-41(54)47-22-46(23-47,24-47)25-58-40-18-37-36(17-39(40)57-3)45(56)51-21-32(15-34(51)20-49-37)29-8-10-33(11-9-29)50-44(55)27(2)52/h4-6,8-11,16-18,20-21,27-28,31,34,52-53H,7,12-15,19,22-25H2,1-3H3,(H,50,55)/t27-,28?,31+,34+,46?,47?/m1/s1. The number of hydrogen-bond donors (Lipinski definition) is 3. The number of phenols is 1. The molecule has 4 atom stereocenters. The monoisotopic (exact) mass is 801 g/mol. The predicted molar refractivity (Wildman–Crippen MR) is 225 cm³/mol. The number of phenolic OH excluding ortho intramolecular Hbond substituents is 1. The second kappa shape index (κ2) is 14.6. The summed E-state index contributed by atoms with van der Waals surface area (Å²) in [4.78, 5) is 45.9. The third-order valence-electron chi connectivity index (χ3n) is 13.4. The van der Waals surface area contributed by atoms with E-state index in [1.165, 1.54) is 12.5 Å². The van der Waals surface area contributed by atoms with Gasteiger partial charge in [-0.1, -0.05) is 30.3 Å². The van der Waals surface area contributed by atoms with Crippen LogP contribution >= 0.6 is 11.6 Å². The van der Waals surface area contributed by atoms with Crippen molar-refractivity contribution in [3.05, 3.63) is 94.7 Å². The van der Waals surface area contributed by atoms with E-state index in [-0.39, 0.29) is 28.7 Å². The van der Waals surface area contributed by atoms with Gasteiger partial charge >= 0.3 is 0 Å². The highest BCUT2D eigenvalue weighted by molar-refractivity contribution is 6.18. The van der Waals surface area contributed by atoms with Crippen LogP contribution in [0, 0.1) is 23.7 Å². The minimum Gasteiger partial charge on any atom is -0.507 e. The average molecular weight is 802 g/mol. The Bertz CT molecular complexity index is 2400. The number of methoxy groups -OCH3 is 1. The number of aliphatic hydroxyl groups is 1. The Morgan fingerprint density at radius 2 is 1.84 bits per heavy atom. The Hall–Kier alpha value is -5.19. The average Bonchev–Trinajstić information content (AvgIpc) is 3.57. The maximum absolute atomic E-state index is 13.9. The van der Waals surface area contributed by atoms with Crippen LogP contribution in [0.5, 0.6) is 17.2 Å². The van der Waals surface area contributed by atoms with Crippen LogP contribution in [0.15, 0.2) is 71.9 Å². The van der Waals surface area contributed by atoms with Gasteiger partial charge in [0.25, 0.3) is 11.8 Å². The molecular formula is C47H48ClN3O7. The van der Waals surface area contributed by atoms with E-state index in [9.17, 15) is 24.6 Å². The summed E-state index contributed by atoms with van der Waals surface area (Å²) in [5, 5.41) is 25.0. The number of anilines is 1. The van der Waals surface area contributed by atoms with Crippen LogP contribution in [0.4, 0.5) is 11.4 Å². The summed E-state index contributed by atoms with van der Waals surface area (Å²) in [5.41, 5.74) is 6.69. The molecule has 0 aromatic heterocycles. The third-order valence-corrected chi connectivity index (χ3v) is 13.7. The fourth-order valence-corrected chi connectivity index (χ4v) is 10.8. The van der Waals surface area contributed by atoms with E-state index >= 15 is 0 Å². The highest BCUT2D eigenvalue weighted by atomic mass is 35.5. The number of aliphatic hydroxyl groups excluding tert-OH is 1. The molecule has 6 aliphatic rings. The van der Waals surface area contributed by atoms with Crippen molar-refractivity contribution in [3.63, 3.8) is 0 Å². The molecule has 3 N–H and O–H groups in total. The molecule has 1 unspecified atom stereocenters. The highest BCUT2D eigenvalue weighted by Gasteiger charge is 2.71. The van der Waals surface area contributed by atoms with Crippen molar-refractivity contribution in [2.45, 2.75) is 83.3 Å². The number of ether oxygens (including phenoxy) is 2. The predicted octanol–water partition coefficient (Wildman–Crippen LogP) is 8.64. The molecule has 4 aromatic rings. The molecule has 10 rings (SSSR count). The number of ketones is 1. The van der Waals surface area contributed by atoms with Gasteiger partial charge in [0.05, 0.1) is 31.0 Å². The first kappa shape index (κ1) is 38.3. The fraction of sp³-hybridized carbons (Fsp3) is 0.404. The molecule has 3 fully saturated rings. The maximum atomic E-state index is 13.9. The number of aliphatic imine (C=N–C) groups is 1. The first-order valence-electron chi connectivity index (χ1n) is 20.2. The van der Waals surface area contributed by atoms with Gasteiger partial charge < -0.3 is 29.9 Å². The van der Waals surface area contributed by atoms with Gasteiger partial charge in [0.15, 0.2) is 11.5 Å². The number of nitrogens with zero attached hydrogens (tertiary/aromatic N) is 2. The molecule has 2 amide bonds. The first-order valence-corrected chi connectivity index (χ1v) is 20.8. The number of carbonyl (C=O) groups excluding carboxylic acids is 3. The molecule has 300 valence electrons. The summed E-state index contributed by atoms with van der Waals surface area (Å²) in [6.45, 7) is 3.97. The zero-order valence-electron chi connectivity index (χ0n) is 33.0. The molecule has 58 heavy (non-hydrogen) atoms. The van der Waals surface area contributed by atoms with Gasteiger partial charge in [0.2, 0.25) is 0 Å². The second-order valence-corrected chi connectivity index (χ2v) is 17.7. The number of amides is 2. The summed E-state index contributed by atoms with van der Waals surface area (Å²) in [6, 6.07) is 18.5. The molecule has 2 heterocycles. The Labute approximate surface area is 342 Å². The van der Waals surface area contributed by atoms with Crippen molar-refractivity contribution in [1.29, 1.82) is 0 Å². The Morgan fingerprint density at radius 3 is 2.57 bits per heavy atom. The number of benzene rings is 4. The Kier molecular flexibility index (Phi) is 9.63. The van der Waals surface area contributed by atoms with Crippen LogP contribution in [0.25, 0.3) is 16.3 Å². The number of alkyl halides is 1. The molecule has 2 aliphatic heterocycles. The van der Waals surface area contributed by atoms with Crippen LogP contribution in [-0.4, -0.2) is 70.7 Å². The van der Waals surface area contributed by atoms with E-state index in [0.717, 1.165) is 71.6 Å². The zero-order valence-corrected chi connectivity index (χ0v) is 33.8. The van der Waals surface area contributed by atoms with Crippen molar-refractivity contribution < 1.29 is 34.1 Å². The van der Waals surface area contributed by atoms with E-state index in [0.29, 0.717) is 71.2 Å². The number of rotatable bonds is 12. The summed E-state index contributed by atoms with van der Waals surface area (Å²) >= 11 is 6.57. The summed E-state index contributed by atoms with van der Waals surface area (Å²) in [7, 11) is 1.56. The van der Waals surface area contributed by atoms with E-state index in [2.05, 4.69) is 18.3 Å². The molecule has 0 spiro atoms. The van der Waals surface area contributed by atoms with Crippen LogP contribution in [0.1, 0.15) is 90.4 Å². The number of aromatic hydroxyl groups is 1. The number of halogens is 1. The van der Waals surface area contributed by atoms with Gasteiger partial charge in [-0.05, 0) is 122 Å². The van der Waals surface area contributed by atoms with Crippen molar-refractivity contribution in [2.75, 3.05) is 24.9 Å². The quantitative estimate of drug-likeness (QED) is 0.122. The van der Waals surface area contributed by atoms with Crippen LogP contribution < -0.4 is 14.8 Å². The number of fused-ring (bicyclic) bond motifs is 5. The van der Waals surface area contributed by atoms with Crippen LogP contribution in [0.2, 0.25) is 0 Å². The van der Waals surface area contributed by atoms with Gasteiger partial charge in [0.1, 0.15) is 17.6 Å². The van der Waals surface area contributed by atoms with E-state index in [1.807, 2.05) is 36.5 Å². The topological polar surface area (TPSA) is 138 Å². The van der Waals surface area contributed by atoms with Crippen molar-refractivity contribution in [3.8, 4) is 17.2 Å². The molecule has 4 aromatic carbocycles. The van der Waals surface area contributed by atoms with Crippen molar-refractivity contribution in [1.82, 2.24) is 4.90 Å². The first-order chi connectivity index (χ1) is 27.9. The number of nitrogens with one attached hydrogen (secondary N) is 1. The highest BCUT2D eigenvalue weighted by Crippen LogP contribution is 2.74. The fourth-order valence-electron chi connectivity index (χ4n) is 10.5. The van der Waals surface area contributed by atoms with Crippen LogP contribution in [-0.2, 0) is 16.0 Å². The molecule has 3 saturated carbocycles. The molecule has 0 saturated heterocycles. The van der Waals surface area contributed by atoms with Gasteiger partial charge in [-0.2, -0.15) is 0 Å². The van der Waals surface area contributed by atoms with Gasteiger partial charge in [-0.25, -0.2) is 0 Å². The van der Waals surface area contributed by atoms with E-state index < -0.39 is 12.0 Å². The minimum atomic E-state index is -1.11. The van der Waals surface area contributed by atoms with Crippen molar-refractivity contribution >= 4 is 63.1 Å². The summed E-state index contributed by atoms with van der Waals surface area (Å²) in [5.74, 6) is 2.03. The zero-order chi connectivity index (χ0) is 40.5. The lowest BCUT2D eigenvalue weighted by Gasteiger charge is -2.69. The lowest BCUT2D eigenvalue weighted by molar-refractivity contribution is -0.215. The van der Waals surface area contributed by atoms with Crippen molar-refractivity contribution in [2.24, 2.45) is 21.7 Å². The lowest BCUT2D eigenvalue weighted by Crippen LogP contribution is -2.67. The summed E-state index contributed by atoms with van der Waals surface area (Å²) in [6.07, 6.45) is 8.76. The number of carbonyl (C=O) groups is 3. The third kappa shape index (κ3) is 6.54. The maximum Gasteiger partial charge on any atom is 0.260 e. The Balaban J connectivity index is 0.810. The lowest BCUT2D eigenvalue weighted by atomic mass is 9.34. The number of hydrogen-bond acceptors (Lipinski definition) is 8. The molecule has 11 heteroatoms. The van der Waals surface area contributed by atoms with Gasteiger partial charge in [0, 0.05) is 59.1 Å². The largest absolute Gasteiger partial charge is 0.507 e. The van der Waals surface area contributed by atoms with Gasteiger partial charge in [-0.3, -0.25) is 19.4 Å². The Morgan fingerprint density at radius 1 is 1.07 bits per heavy atom. The minimum absolute atomic E-state index is 0.0402. The van der Waals surface area contributed by atoms with Crippen LogP contribution in [0.3, 0.4) is 0 Å².